The molecule has 2 aromatic rings. The smallest absolute Gasteiger partial charge is 0.261 e. The minimum absolute atomic E-state index is 0.159. The van der Waals surface area contributed by atoms with E-state index in [0.717, 1.165) is 11.1 Å². The Balaban J connectivity index is 2.27. The molecule has 2 rings (SSSR count). The topological polar surface area (TPSA) is 58.6 Å². The van der Waals surface area contributed by atoms with E-state index in [9.17, 15) is 9.59 Å². The minimum atomic E-state index is -0.656. The van der Waals surface area contributed by atoms with E-state index in [-0.39, 0.29) is 25.0 Å². The van der Waals surface area contributed by atoms with E-state index in [1.165, 1.54) is 4.90 Å². The van der Waals surface area contributed by atoms with Gasteiger partial charge in [0.25, 0.3) is 5.91 Å². The Morgan fingerprint density at radius 3 is 2.26 bits per heavy atom. The standard InChI is InChI=1S/C23H27Cl3N2O3/c1-5-20(23(30)27-6-2)28(12-16-7-8-17(24)11-19(16)25)21(29)13-31-18-9-14(3)22(26)15(4)10-18/h7-11,20H,5-6,12-13H2,1-4H3,(H,27,30)/t20-/m1/s1. The monoisotopic (exact) mass is 484 g/mol. The van der Waals surface area contributed by atoms with Gasteiger partial charge in [0.15, 0.2) is 6.61 Å². The predicted octanol–water partition coefficient (Wildman–Crippen LogP) is 5.59. The summed E-state index contributed by atoms with van der Waals surface area (Å²) < 4.78 is 5.75. The molecule has 0 aliphatic carbocycles. The van der Waals surface area contributed by atoms with Crippen LogP contribution in [-0.2, 0) is 16.1 Å². The summed E-state index contributed by atoms with van der Waals surface area (Å²) in [4.78, 5) is 27.3. The van der Waals surface area contributed by atoms with Crippen molar-refractivity contribution >= 4 is 46.6 Å². The second-order valence-corrected chi connectivity index (χ2v) is 8.46. The maximum Gasteiger partial charge on any atom is 0.261 e. The van der Waals surface area contributed by atoms with Gasteiger partial charge in [0.05, 0.1) is 0 Å². The molecule has 2 aromatic carbocycles. The lowest BCUT2D eigenvalue weighted by atomic mass is 10.1. The average molecular weight is 486 g/mol. The zero-order valence-corrected chi connectivity index (χ0v) is 20.4. The summed E-state index contributed by atoms with van der Waals surface area (Å²) in [6.45, 7) is 7.85. The van der Waals surface area contributed by atoms with Crippen molar-refractivity contribution in [3.8, 4) is 5.75 Å². The van der Waals surface area contributed by atoms with Crippen LogP contribution in [0.2, 0.25) is 15.1 Å². The molecule has 5 nitrogen and oxygen atoms in total. The van der Waals surface area contributed by atoms with Crippen LogP contribution in [0, 0.1) is 13.8 Å². The molecule has 0 aliphatic heterocycles. The molecule has 0 saturated carbocycles. The molecule has 8 heteroatoms. The minimum Gasteiger partial charge on any atom is -0.484 e. The number of hydrogen-bond acceptors (Lipinski definition) is 3. The molecule has 0 heterocycles. The van der Waals surface area contributed by atoms with Crippen LogP contribution in [0.1, 0.15) is 37.0 Å². The summed E-state index contributed by atoms with van der Waals surface area (Å²) in [7, 11) is 0. The summed E-state index contributed by atoms with van der Waals surface area (Å²) in [5.41, 5.74) is 2.42. The van der Waals surface area contributed by atoms with Crippen LogP contribution in [0.15, 0.2) is 30.3 Å². The zero-order chi connectivity index (χ0) is 23.1. The van der Waals surface area contributed by atoms with E-state index >= 15 is 0 Å². The third-order valence-electron chi connectivity index (χ3n) is 4.86. The molecule has 168 valence electrons. The fraction of sp³-hybridized carbons (Fsp3) is 0.391. The number of rotatable bonds is 9. The first kappa shape index (κ1) is 25.3. The molecular weight excluding hydrogens is 459 g/mol. The van der Waals surface area contributed by atoms with Gasteiger partial charge in [-0.15, -0.1) is 0 Å². The third kappa shape index (κ3) is 6.76. The van der Waals surface area contributed by atoms with E-state index in [0.29, 0.717) is 39.3 Å². The molecule has 0 spiro atoms. The lowest BCUT2D eigenvalue weighted by Gasteiger charge is -2.30. The Morgan fingerprint density at radius 2 is 1.71 bits per heavy atom. The van der Waals surface area contributed by atoms with Crippen LogP contribution >= 0.6 is 34.8 Å². The maximum atomic E-state index is 13.2. The van der Waals surface area contributed by atoms with Crippen molar-refractivity contribution in [3.63, 3.8) is 0 Å². The van der Waals surface area contributed by atoms with E-state index < -0.39 is 6.04 Å². The summed E-state index contributed by atoms with van der Waals surface area (Å²) in [6.07, 6.45) is 0.446. The highest BCUT2D eigenvalue weighted by molar-refractivity contribution is 6.35. The first-order valence-electron chi connectivity index (χ1n) is 10.1. The van der Waals surface area contributed by atoms with Crippen LogP contribution in [0.4, 0.5) is 0 Å². The molecule has 0 unspecified atom stereocenters. The van der Waals surface area contributed by atoms with E-state index in [4.69, 9.17) is 39.5 Å². The number of carbonyl (C=O) groups is 2. The molecule has 1 atom stereocenters. The molecule has 0 radical (unpaired) electrons. The molecular formula is C23H27Cl3N2O3. The van der Waals surface area contributed by atoms with Gasteiger partial charge >= 0.3 is 0 Å². The summed E-state index contributed by atoms with van der Waals surface area (Å²) >= 11 is 18.5. The molecule has 2 amide bonds. The number of nitrogens with one attached hydrogen (secondary N) is 1. The largest absolute Gasteiger partial charge is 0.484 e. The zero-order valence-electron chi connectivity index (χ0n) is 18.1. The molecule has 31 heavy (non-hydrogen) atoms. The van der Waals surface area contributed by atoms with Gasteiger partial charge in [-0.1, -0.05) is 47.8 Å². The van der Waals surface area contributed by atoms with Crippen LogP contribution in [0.25, 0.3) is 0 Å². The number of likely N-dealkylation sites (N-methyl/N-ethyl adjacent to an activating group) is 1. The Morgan fingerprint density at radius 1 is 1.06 bits per heavy atom. The summed E-state index contributed by atoms with van der Waals surface area (Å²) in [5.74, 6) is -0.000669. The molecule has 0 aliphatic rings. The van der Waals surface area contributed by atoms with Gasteiger partial charge in [-0.3, -0.25) is 9.59 Å². The Bertz CT molecular complexity index is 927. The van der Waals surface area contributed by atoms with Gasteiger partial charge in [0.2, 0.25) is 5.91 Å². The van der Waals surface area contributed by atoms with E-state index in [1.54, 1.807) is 30.3 Å². The van der Waals surface area contributed by atoms with Crippen LogP contribution in [0.3, 0.4) is 0 Å². The molecule has 0 bridgehead atoms. The highest BCUT2D eigenvalue weighted by Gasteiger charge is 2.29. The molecule has 0 saturated heterocycles. The number of amides is 2. The number of aryl methyl sites for hydroxylation is 2. The Kier molecular flexibility index (Phi) is 9.48. The van der Waals surface area contributed by atoms with Crippen molar-refractivity contribution in [1.29, 1.82) is 0 Å². The number of halogens is 3. The molecule has 1 N–H and O–H groups in total. The van der Waals surface area contributed by atoms with Gasteiger partial charge in [0.1, 0.15) is 11.8 Å². The van der Waals surface area contributed by atoms with Crippen molar-refractivity contribution in [2.45, 2.75) is 46.7 Å². The average Bonchev–Trinajstić information content (AvgIpc) is 2.71. The highest BCUT2D eigenvalue weighted by atomic mass is 35.5. The molecule has 0 aromatic heterocycles. The quantitative estimate of drug-likeness (QED) is 0.504. The number of benzene rings is 2. The van der Waals surface area contributed by atoms with Crippen LogP contribution in [-0.4, -0.2) is 35.9 Å². The Hall–Kier alpha value is -1.95. The maximum absolute atomic E-state index is 13.2. The van der Waals surface area contributed by atoms with Crippen LogP contribution < -0.4 is 10.1 Å². The van der Waals surface area contributed by atoms with E-state index in [2.05, 4.69) is 5.32 Å². The first-order chi connectivity index (χ1) is 14.7. The number of ether oxygens (including phenoxy) is 1. The van der Waals surface area contributed by atoms with Gasteiger partial charge in [-0.05, 0) is 68.1 Å². The normalized spacial score (nSPS) is 11.7. The SMILES string of the molecule is CCNC(=O)[C@@H](CC)N(Cc1ccc(Cl)cc1Cl)C(=O)COc1cc(C)c(Cl)c(C)c1. The predicted molar refractivity (Wildman–Crippen MR) is 126 cm³/mol. The third-order valence-corrected chi connectivity index (χ3v) is 6.05. The number of nitrogens with zero attached hydrogens (tertiary/aromatic N) is 1. The lowest BCUT2D eigenvalue weighted by Crippen LogP contribution is -2.50. The Labute approximate surface area is 198 Å². The van der Waals surface area contributed by atoms with Gasteiger partial charge < -0.3 is 15.0 Å². The van der Waals surface area contributed by atoms with Gasteiger partial charge in [-0.2, -0.15) is 0 Å². The highest BCUT2D eigenvalue weighted by Crippen LogP contribution is 2.27. The summed E-state index contributed by atoms with van der Waals surface area (Å²) in [5, 5.41) is 4.39. The van der Waals surface area contributed by atoms with Crippen molar-refractivity contribution in [3.05, 3.63) is 62.1 Å². The van der Waals surface area contributed by atoms with Crippen molar-refractivity contribution in [2.75, 3.05) is 13.2 Å². The number of carbonyl (C=O) groups excluding carboxylic acids is 2. The van der Waals surface area contributed by atoms with E-state index in [1.807, 2.05) is 27.7 Å². The van der Waals surface area contributed by atoms with Crippen molar-refractivity contribution in [1.82, 2.24) is 10.2 Å². The van der Waals surface area contributed by atoms with Crippen molar-refractivity contribution in [2.24, 2.45) is 0 Å². The van der Waals surface area contributed by atoms with Gasteiger partial charge in [-0.25, -0.2) is 0 Å². The molecule has 0 fully saturated rings. The lowest BCUT2D eigenvalue weighted by molar-refractivity contribution is -0.142. The first-order valence-corrected chi connectivity index (χ1v) is 11.2. The van der Waals surface area contributed by atoms with Gasteiger partial charge in [0, 0.05) is 28.2 Å². The van der Waals surface area contributed by atoms with Crippen molar-refractivity contribution < 1.29 is 14.3 Å². The summed E-state index contributed by atoms with van der Waals surface area (Å²) in [6, 6.07) is 7.98. The fourth-order valence-electron chi connectivity index (χ4n) is 3.26. The number of hydrogen-bond donors (Lipinski definition) is 1. The second-order valence-electron chi connectivity index (χ2n) is 7.24. The second kappa shape index (κ2) is 11.6. The van der Waals surface area contributed by atoms with Crippen LogP contribution in [0.5, 0.6) is 5.75 Å². The fourth-order valence-corrected chi connectivity index (χ4v) is 3.84.